The molecule has 2 heterocycles. The summed E-state index contributed by atoms with van der Waals surface area (Å²) in [5.74, 6) is 0. The first kappa shape index (κ1) is 19.9. The van der Waals surface area contributed by atoms with Gasteiger partial charge in [-0.05, 0) is 60.0 Å². The summed E-state index contributed by atoms with van der Waals surface area (Å²) >= 11 is 6.10. The lowest BCUT2D eigenvalue weighted by atomic mass is 10.0. The predicted octanol–water partition coefficient (Wildman–Crippen LogP) is 5.08. The third-order valence-corrected chi connectivity index (χ3v) is 6.19. The third kappa shape index (κ3) is 2.95. The molecule has 32 heavy (non-hydrogen) atoms. The number of nitrogens with two attached hydrogens (primary N) is 1. The molecule has 0 saturated carbocycles. The van der Waals surface area contributed by atoms with Gasteiger partial charge < -0.3 is 10.3 Å². The molecule has 3 aromatic carbocycles. The van der Waals surface area contributed by atoms with E-state index >= 15 is 0 Å². The molecule has 5 aromatic rings. The van der Waals surface area contributed by atoms with Crippen LogP contribution in [-0.4, -0.2) is 14.1 Å². The maximum Gasteiger partial charge on any atom is 0.207 e. The van der Waals surface area contributed by atoms with Crippen LogP contribution in [0.3, 0.4) is 0 Å². The van der Waals surface area contributed by atoms with Crippen molar-refractivity contribution in [3.63, 3.8) is 0 Å². The lowest BCUT2D eigenvalue weighted by Gasteiger charge is -2.11. The van der Waals surface area contributed by atoms with Gasteiger partial charge in [-0.2, -0.15) is 5.26 Å². The second-order valence-electron chi connectivity index (χ2n) is 7.79. The minimum atomic E-state index is 0.300. The number of nitrogen functional groups attached to an aromatic ring is 1. The van der Waals surface area contributed by atoms with Gasteiger partial charge in [0.15, 0.2) is 0 Å². The fraction of sp³-hybridized carbons (Fsp3) is 0.0800. The minimum Gasteiger partial charge on any atom is -0.398 e. The van der Waals surface area contributed by atoms with Crippen molar-refractivity contribution in [3.05, 3.63) is 82.6 Å². The van der Waals surface area contributed by atoms with E-state index in [1.54, 1.807) is 22.9 Å². The van der Waals surface area contributed by atoms with E-state index in [1.165, 1.54) is 0 Å². The monoisotopic (exact) mass is 438 g/mol. The highest BCUT2D eigenvalue weighted by Gasteiger charge is 2.17. The van der Waals surface area contributed by atoms with Gasteiger partial charge in [0.25, 0.3) is 0 Å². The van der Waals surface area contributed by atoms with Gasteiger partial charge in [-0.1, -0.05) is 29.8 Å². The highest BCUT2D eigenvalue weighted by molar-refractivity contribution is 6.33. The number of benzene rings is 3. The molecular weight excluding hydrogens is 420 g/mol. The number of anilines is 1. The van der Waals surface area contributed by atoms with Crippen LogP contribution in [0.1, 0.15) is 11.1 Å². The number of aryl methyl sites for hydroxylation is 2. The number of hydrogen-bond donors (Lipinski definition) is 2. The summed E-state index contributed by atoms with van der Waals surface area (Å²) in [5, 5.41) is 19.7. The second-order valence-corrected chi connectivity index (χ2v) is 8.20. The Morgan fingerprint density at radius 3 is 2.56 bits per heavy atom. The molecule has 7 heteroatoms. The first-order valence-electron chi connectivity index (χ1n) is 10.0. The number of halogens is 1. The Bertz CT molecular complexity index is 1650. The first-order chi connectivity index (χ1) is 15.4. The molecule has 0 radical (unpaired) electrons. The van der Waals surface area contributed by atoms with Crippen LogP contribution in [0.15, 0.2) is 60.8 Å². The van der Waals surface area contributed by atoms with Crippen molar-refractivity contribution < 1.29 is 0 Å². The van der Waals surface area contributed by atoms with E-state index in [-0.39, 0.29) is 0 Å². The van der Waals surface area contributed by atoms with Gasteiger partial charge in [-0.15, -0.1) is 0 Å². The number of pyridine rings is 1. The van der Waals surface area contributed by atoms with E-state index in [1.807, 2.05) is 54.9 Å². The van der Waals surface area contributed by atoms with Crippen LogP contribution >= 0.6 is 11.6 Å². The SMILES string of the molecule is Cc1ccc(C#N)cc1-n1c(=N)n(C)c2cnc3ccc(-c4ccc(Cl)c(N)c4)cc3c21. The fourth-order valence-corrected chi connectivity index (χ4v) is 4.19. The Morgan fingerprint density at radius 2 is 1.81 bits per heavy atom. The highest BCUT2D eigenvalue weighted by Crippen LogP contribution is 2.32. The summed E-state index contributed by atoms with van der Waals surface area (Å²) in [6, 6.07) is 19.3. The van der Waals surface area contributed by atoms with Crippen molar-refractivity contribution in [2.24, 2.45) is 7.05 Å². The van der Waals surface area contributed by atoms with Crippen LogP contribution in [0.2, 0.25) is 5.02 Å². The average Bonchev–Trinajstić information content (AvgIpc) is 3.06. The molecule has 0 atom stereocenters. The smallest absolute Gasteiger partial charge is 0.207 e. The molecule has 2 aromatic heterocycles. The molecule has 6 nitrogen and oxygen atoms in total. The lowest BCUT2D eigenvalue weighted by Crippen LogP contribution is -2.21. The number of hydrogen-bond acceptors (Lipinski definition) is 4. The topological polar surface area (TPSA) is 96.4 Å². The van der Waals surface area contributed by atoms with Gasteiger partial charge in [0.2, 0.25) is 5.62 Å². The molecular formula is C25H19ClN6. The zero-order valence-corrected chi connectivity index (χ0v) is 18.3. The largest absolute Gasteiger partial charge is 0.398 e. The van der Waals surface area contributed by atoms with Crippen molar-refractivity contribution in [3.8, 4) is 22.9 Å². The van der Waals surface area contributed by atoms with Crippen molar-refractivity contribution in [2.45, 2.75) is 6.92 Å². The average molecular weight is 439 g/mol. The van der Waals surface area contributed by atoms with Crippen molar-refractivity contribution in [2.75, 3.05) is 5.73 Å². The lowest BCUT2D eigenvalue weighted by molar-refractivity contribution is 0.786. The second kappa shape index (κ2) is 7.26. The molecule has 0 fully saturated rings. The quantitative estimate of drug-likeness (QED) is 0.376. The molecule has 0 aliphatic heterocycles. The van der Waals surface area contributed by atoms with Gasteiger partial charge in [0.05, 0.1) is 50.8 Å². The van der Waals surface area contributed by atoms with E-state index in [0.29, 0.717) is 21.9 Å². The summed E-state index contributed by atoms with van der Waals surface area (Å²) in [5.41, 5.74) is 13.6. The predicted molar refractivity (Wildman–Crippen MR) is 128 cm³/mol. The summed E-state index contributed by atoms with van der Waals surface area (Å²) in [7, 11) is 1.85. The number of fused-ring (bicyclic) bond motifs is 3. The van der Waals surface area contributed by atoms with Crippen LogP contribution in [0.25, 0.3) is 38.8 Å². The van der Waals surface area contributed by atoms with Gasteiger partial charge in [-0.3, -0.25) is 15.0 Å². The van der Waals surface area contributed by atoms with Gasteiger partial charge >= 0.3 is 0 Å². The van der Waals surface area contributed by atoms with Crippen molar-refractivity contribution in [1.82, 2.24) is 14.1 Å². The molecule has 0 aliphatic rings. The fourth-order valence-electron chi connectivity index (χ4n) is 4.08. The Kier molecular flexibility index (Phi) is 4.50. The Labute approximate surface area is 189 Å². The van der Waals surface area contributed by atoms with Gasteiger partial charge in [0.1, 0.15) is 0 Å². The van der Waals surface area contributed by atoms with E-state index in [0.717, 1.165) is 44.3 Å². The van der Waals surface area contributed by atoms with Crippen LogP contribution in [0, 0.1) is 23.7 Å². The van der Waals surface area contributed by atoms with Gasteiger partial charge in [0, 0.05) is 12.4 Å². The summed E-state index contributed by atoms with van der Waals surface area (Å²) in [6.45, 7) is 1.98. The van der Waals surface area contributed by atoms with Crippen LogP contribution < -0.4 is 11.4 Å². The molecule has 156 valence electrons. The Balaban J connectivity index is 1.89. The van der Waals surface area contributed by atoms with Gasteiger partial charge in [-0.25, -0.2) is 0 Å². The first-order valence-corrected chi connectivity index (χ1v) is 10.4. The van der Waals surface area contributed by atoms with Crippen LogP contribution in [0.4, 0.5) is 5.69 Å². The van der Waals surface area contributed by atoms with E-state index in [2.05, 4.69) is 17.1 Å². The Hall–Kier alpha value is -4.08. The number of nitrogens with one attached hydrogen (secondary N) is 1. The normalized spacial score (nSPS) is 11.2. The molecule has 0 amide bonds. The van der Waals surface area contributed by atoms with Crippen molar-refractivity contribution in [1.29, 1.82) is 10.7 Å². The number of rotatable bonds is 2. The standard InChI is InChI=1S/C25H19ClN6/c1-14-3-4-15(12-27)9-22(14)32-24-18-10-16(17-5-7-19(26)20(28)11-17)6-8-21(18)30-13-23(24)31(2)25(32)29/h3-11,13,29H,28H2,1-2H3. The number of nitriles is 1. The van der Waals surface area contributed by atoms with E-state index in [9.17, 15) is 5.26 Å². The van der Waals surface area contributed by atoms with E-state index in [4.69, 9.17) is 22.7 Å². The maximum absolute atomic E-state index is 9.42. The summed E-state index contributed by atoms with van der Waals surface area (Å²) in [6.07, 6.45) is 1.79. The third-order valence-electron chi connectivity index (χ3n) is 5.84. The number of imidazole rings is 1. The molecule has 0 aliphatic carbocycles. The zero-order valence-electron chi connectivity index (χ0n) is 17.5. The molecule has 0 saturated heterocycles. The Morgan fingerprint density at radius 1 is 1.06 bits per heavy atom. The minimum absolute atomic E-state index is 0.300. The summed E-state index contributed by atoms with van der Waals surface area (Å²) < 4.78 is 3.68. The maximum atomic E-state index is 9.42. The van der Waals surface area contributed by atoms with Crippen LogP contribution in [-0.2, 0) is 7.05 Å². The highest BCUT2D eigenvalue weighted by atomic mass is 35.5. The number of aromatic nitrogens is 3. The molecule has 0 unspecified atom stereocenters. The number of nitrogens with zero attached hydrogens (tertiary/aromatic N) is 4. The van der Waals surface area contributed by atoms with Crippen LogP contribution in [0.5, 0.6) is 0 Å². The van der Waals surface area contributed by atoms with E-state index < -0.39 is 0 Å². The molecule has 5 rings (SSSR count). The molecule has 0 spiro atoms. The molecule has 3 N–H and O–H groups in total. The molecule has 0 bridgehead atoms. The summed E-state index contributed by atoms with van der Waals surface area (Å²) in [4.78, 5) is 4.63. The van der Waals surface area contributed by atoms with Crippen molar-refractivity contribution >= 4 is 39.2 Å². The zero-order chi connectivity index (χ0) is 22.6.